The Labute approximate surface area is 152 Å². The van der Waals surface area contributed by atoms with Crippen LogP contribution in [0.3, 0.4) is 0 Å². The van der Waals surface area contributed by atoms with Gasteiger partial charge in [0.1, 0.15) is 0 Å². The van der Waals surface area contributed by atoms with E-state index in [2.05, 4.69) is 85.8 Å². The predicted molar refractivity (Wildman–Crippen MR) is 109 cm³/mol. The fourth-order valence-corrected chi connectivity index (χ4v) is 2.32. The second kappa shape index (κ2) is 9.94. The molecule has 1 aromatic rings. The summed E-state index contributed by atoms with van der Waals surface area (Å²) in [5.41, 5.74) is 2.68. The first-order chi connectivity index (χ1) is 11.3. The third-order valence-corrected chi connectivity index (χ3v) is 5.57. The maximum atomic E-state index is 4.33. The minimum Gasteiger partial charge on any atom is -0.355 e. The van der Waals surface area contributed by atoms with E-state index in [1.54, 1.807) is 0 Å². The van der Waals surface area contributed by atoms with Crippen molar-refractivity contribution in [1.29, 1.82) is 0 Å². The lowest BCUT2D eigenvalue weighted by molar-refractivity contribution is 0.265. The van der Waals surface area contributed by atoms with Crippen molar-refractivity contribution >= 4 is 17.7 Å². The van der Waals surface area contributed by atoms with Crippen LogP contribution in [0.15, 0.2) is 29.3 Å². The lowest BCUT2D eigenvalue weighted by Gasteiger charge is -2.24. The standard InChI is InChI=1S/C19H34N4S/c1-15(2)23(6)13-17-11-9-8-10-16(17)12-21-18(20-5)22-14-19(3,4)24-7/h8-11,15H,12-14H2,1-7H3,(H2,20,21,22). The molecule has 0 fully saturated rings. The monoisotopic (exact) mass is 350 g/mol. The second-order valence-electron chi connectivity index (χ2n) is 7.02. The quantitative estimate of drug-likeness (QED) is 0.557. The van der Waals surface area contributed by atoms with Gasteiger partial charge in [-0.1, -0.05) is 24.3 Å². The molecule has 5 heteroatoms. The summed E-state index contributed by atoms with van der Waals surface area (Å²) < 4.78 is 0.190. The van der Waals surface area contributed by atoms with Crippen molar-refractivity contribution in [3.8, 4) is 0 Å². The molecule has 0 spiro atoms. The van der Waals surface area contributed by atoms with Gasteiger partial charge in [0.25, 0.3) is 0 Å². The van der Waals surface area contributed by atoms with Crippen molar-refractivity contribution < 1.29 is 0 Å². The van der Waals surface area contributed by atoms with Crippen molar-refractivity contribution in [1.82, 2.24) is 15.5 Å². The Morgan fingerprint density at radius 1 is 1.21 bits per heavy atom. The van der Waals surface area contributed by atoms with E-state index in [-0.39, 0.29) is 4.75 Å². The number of aliphatic imine (C=N–C) groups is 1. The molecule has 0 saturated heterocycles. The third-order valence-electron chi connectivity index (χ3n) is 4.32. The number of benzene rings is 1. The molecule has 0 aliphatic carbocycles. The molecule has 0 aliphatic rings. The summed E-state index contributed by atoms with van der Waals surface area (Å²) in [6, 6.07) is 9.15. The van der Waals surface area contributed by atoms with Gasteiger partial charge in [0, 0.05) is 37.5 Å². The Balaban J connectivity index is 2.66. The predicted octanol–water partition coefficient (Wildman–Crippen LogP) is 3.33. The highest BCUT2D eigenvalue weighted by Gasteiger charge is 2.16. The molecule has 0 radical (unpaired) electrons. The number of rotatable bonds is 8. The Morgan fingerprint density at radius 3 is 2.38 bits per heavy atom. The number of hydrogen-bond acceptors (Lipinski definition) is 3. The SMILES string of the molecule is CN=C(NCc1ccccc1CN(C)C(C)C)NCC(C)(C)SC. The van der Waals surface area contributed by atoms with Crippen LogP contribution in [0.2, 0.25) is 0 Å². The van der Waals surface area contributed by atoms with Crippen LogP contribution in [-0.4, -0.2) is 48.5 Å². The summed E-state index contributed by atoms with van der Waals surface area (Å²) in [6.07, 6.45) is 2.14. The van der Waals surface area contributed by atoms with Crippen LogP contribution in [0.25, 0.3) is 0 Å². The number of hydrogen-bond donors (Lipinski definition) is 2. The van der Waals surface area contributed by atoms with Crippen LogP contribution >= 0.6 is 11.8 Å². The molecule has 0 aromatic heterocycles. The van der Waals surface area contributed by atoms with Gasteiger partial charge in [-0.05, 0) is 52.1 Å². The Bertz CT molecular complexity index is 526. The van der Waals surface area contributed by atoms with E-state index in [9.17, 15) is 0 Å². The zero-order valence-corrected chi connectivity index (χ0v) is 17.1. The van der Waals surface area contributed by atoms with Gasteiger partial charge in [-0.15, -0.1) is 0 Å². The highest BCUT2D eigenvalue weighted by Crippen LogP contribution is 2.19. The van der Waals surface area contributed by atoms with Crippen LogP contribution in [0.1, 0.15) is 38.8 Å². The summed E-state index contributed by atoms with van der Waals surface area (Å²) in [6.45, 7) is 11.5. The van der Waals surface area contributed by atoms with Gasteiger partial charge in [-0.2, -0.15) is 11.8 Å². The molecule has 2 N–H and O–H groups in total. The van der Waals surface area contributed by atoms with E-state index in [0.29, 0.717) is 6.04 Å². The molecular weight excluding hydrogens is 316 g/mol. The van der Waals surface area contributed by atoms with Gasteiger partial charge in [-0.3, -0.25) is 9.89 Å². The maximum Gasteiger partial charge on any atom is 0.191 e. The first kappa shape index (κ1) is 20.8. The first-order valence-electron chi connectivity index (χ1n) is 8.55. The molecule has 24 heavy (non-hydrogen) atoms. The minimum absolute atomic E-state index is 0.190. The summed E-state index contributed by atoms with van der Waals surface area (Å²) in [7, 11) is 3.99. The molecule has 0 aliphatic heterocycles. The van der Waals surface area contributed by atoms with Gasteiger partial charge in [-0.25, -0.2) is 0 Å². The van der Waals surface area contributed by atoms with Gasteiger partial charge < -0.3 is 10.6 Å². The minimum atomic E-state index is 0.190. The number of nitrogens with zero attached hydrogens (tertiary/aromatic N) is 2. The molecule has 0 bridgehead atoms. The molecule has 0 unspecified atom stereocenters. The largest absolute Gasteiger partial charge is 0.355 e. The Morgan fingerprint density at radius 2 is 1.83 bits per heavy atom. The van der Waals surface area contributed by atoms with E-state index in [0.717, 1.165) is 25.6 Å². The van der Waals surface area contributed by atoms with Crippen LogP contribution in [-0.2, 0) is 13.1 Å². The Hall–Kier alpha value is -1.20. The van der Waals surface area contributed by atoms with Crippen LogP contribution in [0.4, 0.5) is 0 Å². The Kier molecular flexibility index (Phi) is 8.63. The van der Waals surface area contributed by atoms with E-state index in [4.69, 9.17) is 0 Å². The van der Waals surface area contributed by atoms with E-state index in [1.165, 1.54) is 11.1 Å². The molecule has 4 nitrogen and oxygen atoms in total. The molecule has 136 valence electrons. The maximum absolute atomic E-state index is 4.33. The number of guanidine groups is 1. The van der Waals surface area contributed by atoms with Crippen molar-refractivity contribution in [2.45, 2.75) is 51.6 Å². The van der Waals surface area contributed by atoms with Crippen LogP contribution in [0.5, 0.6) is 0 Å². The highest BCUT2D eigenvalue weighted by molar-refractivity contribution is 7.99. The smallest absolute Gasteiger partial charge is 0.191 e. The van der Waals surface area contributed by atoms with Crippen LogP contribution in [0, 0.1) is 0 Å². The average Bonchev–Trinajstić information content (AvgIpc) is 2.56. The van der Waals surface area contributed by atoms with Crippen molar-refractivity contribution in [2.24, 2.45) is 4.99 Å². The third kappa shape index (κ3) is 7.14. The molecule has 1 aromatic carbocycles. The van der Waals surface area contributed by atoms with E-state index >= 15 is 0 Å². The zero-order chi connectivity index (χ0) is 18.2. The fraction of sp³-hybridized carbons (Fsp3) is 0.632. The van der Waals surface area contributed by atoms with E-state index in [1.807, 2.05) is 18.8 Å². The fourth-order valence-electron chi connectivity index (χ4n) is 2.10. The summed E-state index contributed by atoms with van der Waals surface area (Å²) in [4.78, 5) is 6.69. The van der Waals surface area contributed by atoms with Crippen molar-refractivity contribution in [3.63, 3.8) is 0 Å². The van der Waals surface area contributed by atoms with E-state index < -0.39 is 0 Å². The molecule has 0 heterocycles. The van der Waals surface area contributed by atoms with Gasteiger partial charge in [0.15, 0.2) is 5.96 Å². The van der Waals surface area contributed by atoms with Gasteiger partial charge in [0.05, 0.1) is 0 Å². The van der Waals surface area contributed by atoms with Gasteiger partial charge in [0.2, 0.25) is 0 Å². The zero-order valence-electron chi connectivity index (χ0n) is 16.3. The molecular formula is C19H34N4S. The summed E-state index contributed by atoms with van der Waals surface area (Å²) in [5.74, 6) is 0.851. The second-order valence-corrected chi connectivity index (χ2v) is 8.53. The normalized spacial score (nSPS) is 12.8. The molecule has 0 atom stereocenters. The number of nitrogens with one attached hydrogen (secondary N) is 2. The highest BCUT2D eigenvalue weighted by atomic mass is 32.2. The van der Waals surface area contributed by atoms with Crippen LogP contribution < -0.4 is 10.6 Å². The molecule has 0 amide bonds. The molecule has 0 saturated carbocycles. The lowest BCUT2D eigenvalue weighted by Crippen LogP contribution is -2.43. The molecule has 1 rings (SSSR count). The first-order valence-corrected chi connectivity index (χ1v) is 9.78. The topological polar surface area (TPSA) is 39.7 Å². The van der Waals surface area contributed by atoms with Crippen molar-refractivity contribution in [2.75, 3.05) is 26.9 Å². The van der Waals surface area contributed by atoms with Gasteiger partial charge >= 0.3 is 0 Å². The summed E-state index contributed by atoms with van der Waals surface area (Å²) >= 11 is 1.86. The number of thioether (sulfide) groups is 1. The average molecular weight is 351 g/mol. The lowest BCUT2D eigenvalue weighted by atomic mass is 10.1. The summed E-state index contributed by atoms with van der Waals surface area (Å²) in [5, 5.41) is 6.85. The van der Waals surface area contributed by atoms with Crippen molar-refractivity contribution in [3.05, 3.63) is 35.4 Å².